The fourth-order valence-electron chi connectivity index (χ4n) is 8.00. The van der Waals surface area contributed by atoms with Crippen LogP contribution in [0.3, 0.4) is 0 Å². The number of phenols is 2. The quantitative estimate of drug-likeness (QED) is 0.363. The van der Waals surface area contributed by atoms with Gasteiger partial charge in [0.25, 0.3) is 0 Å². The molecular formula is C33H41N5O7. The second-order valence-electron chi connectivity index (χ2n) is 12.6. The zero-order valence-corrected chi connectivity index (χ0v) is 26.6. The first kappa shape index (κ1) is 30.8. The summed E-state index contributed by atoms with van der Waals surface area (Å²) in [4.78, 5) is 29.8. The number of aryl methyl sites for hydroxylation is 1. The van der Waals surface area contributed by atoms with E-state index in [9.17, 15) is 25.1 Å². The number of phenolic OH excluding ortho intramolecular Hbond substituents is 2. The first-order valence-corrected chi connectivity index (χ1v) is 15.5. The Hall–Kier alpha value is -4.21. The van der Waals surface area contributed by atoms with Crippen LogP contribution in [0.15, 0.2) is 6.07 Å². The standard InChI is InChI=1S/C33H41N5O7/c1-7-8-24(39)36-17(4)33(42)35-13-23-26-19(28(40)16(3)31-32(26)45-14-44-31)11-21-27-25-18(9-15(2)30(43-6)29(25)41)10-20(37(27)5)22(12-34)38(21)23/h9,17,20-23,27,40-41H,7-8,10-11,13-14H2,1-6H3,(H,35,42)(H,36,39)/t17-,20-,21?,22-,23-,27+/m0/s1. The summed E-state index contributed by atoms with van der Waals surface area (Å²) in [6.45, 7) is 7.29. The van der Waals surface area contributed by atoms with Crippen LogP contribution in [0.25, 0.3) is 0 Å². The highest BCUT2D eigenvalue weighted by Crippen LogP contribution is 2.58. The van der Waals surface area contributed by atoms with Crippen molar-refractivity contribution in [3.05, 3.63) is 39.4 Å². The Balaban J connectivity index is 1.48. The molecule has 4 N–H and O–H groups in total. The van der Waals surface area contributed by atoms with Crippen LogP contribution in [-0.4, -0.2) is 83.5 Å². The molecule has 240 valence electrons. The van der Waals surface area contributed by atoms with Gasteiger partial charge in [-0.05, 0) is 58.2 Å². The molecule has 2 aromatic carbocycles. The van der Waals surface area contributed by atoms with Gasteiger partial charge in [-0.25, -0.2) is 0 Å². The number of ether oxygens (including phenoxy) is 3. The van der Waals surface area contributed by atoms with Gasteiger partial charge in [0.1, 0.15) is 17.8 Å². The Morgan fingerprint density at radius 3 is 2.58 bits per heavy atom. The van der Waals surface area contributed by atoms with Gasteiger partial charge in [0.15, 0.2) is 23.0 Å². The van der Waals surface area contributed by atoms with Crippen molar-refractivity contribution in [1.29, 1.82) is 5.26 Å². The van der Waals surface area contributed by atoms with Gasteiger partial charge in [0.2, 0.25) is 18.6 Å². The van der Waals surface area contributed by atoms with Crippen molar-refractivity contribution < 1.29 is 34.0 Å². The lowest BCUT2D eigenvalue weighted by molar-refractivity contribution is -0.129. The number of fused-ring (bicyclic) bond motifs is 9. The largest absolute Gasteiger partial charge is 0.507 e. The number of hydrogen-bond acceptors (Lipinski definition) is 10. The van der Waals surface area contributed by atoms with Crippen molar-refractivity contribution >= 4 is 11.8 Å². The van der Waals surface area contributed by atoms with E-state index in [-0.39, 0.29) is 54.8 Å². The second-order valence-corrected chi connectivity index (χ2v) is 12.6. The van der Waals surface area contributed by atoms with Crippen molar-refractivity contribution in [3.63, 3.8) is 0 Å². The summed E-state index contributed by atoms with van der Waals surface area (Å²) in [6, 6.07) is 1.74. The third-order valence-corrected chi connectivity index (χ3v) is 10.0. The van der Waals surface area contributed by atoms with Crippen LogP contribution in [0, 0.1) is 25.2 Å². The highest BCUT2D eigenvalue weighted by Gasteiger charge is 2.56. The van der Waals surface area contributed by atoms with Crippen LogP contribution < -0.4 is 24.8 Å². The molecular weight excluding hydrogens is 578 g/mol. The summed E-state index contributed by atoms with van der Waals surface area (Å²) in [7, 11) is 3.51. The van der Waals surface area contributed by atoms with E-state index in [1.54, 1.807) is 13.8 Å². The first-order chi connectivity index (χ1) is 21.5. The van der Waals surface area contributed by atoms with E-state index >= 15 is 0 Å². The topological polar surface area (TPSA) is 157 Å². The number of nitrogens with zero attached hydrogens (tertiary/aromatic N) is 3. The van der Waals surface area contributed by atoms with Gasteiger partial charge in [0, 0.05) is 47.3 Å². The highest BCUT2D eigenvalue weighted by atomic mass is 16.7. The monoisotopic (exact) mass is 619 g/mol. The Morgan fingerprint density at radius 1 is 1.16 bits per heavy atom. The molecule has 4 aliphatic heterocycles. The Kier molecular flexibility index (Phi) is 7.95. The summed E-state index contributed by atoms with van der Waals surface area (Å²) >= 11 is 0. The molecule has 12 nitrogen and oxygen atoms in total. The molecule has 1 unspecified atom stereocenters. The molecule has 0 saturated carbocycles. The normalized spacial score (nSPS) is 25.3. The Labute approximate surface area is 262 Å². The van der Waals surface area contributed by atoms with Crippen molar-refractivity contribution in [1.82, 2.24) is 20.4 Å². The minimum atomic E-state index is -0.766. The number of rotatable bonds is 7. The Morgan fingerprint density at radius 2 is 1.89 bits per heavy atom. The van der Waals surface area contributed by atoms with Gasteiger partial charge in [-0.2, -0.15) is 5.26 Å². The lowest BCUT2D eigenvalue weighted by Crippen LogP contribution is -2.68. The third-order valence-electron chi connectivity index (χ3n) is 10.0. The fraction of sp³-hybridized carbons (Fsp3) is 0.545. The van der Waals surface area contributed by atoms with E-state index in [1.165, 1.54) is 7.11 Å². The van der Waals surface area contributed by atoms with Crippen LogP contribution in [0.5, 0.6) is 28.7 Å². The fourth-order valence-corrected chi connectivity index (χ4v) is 8.00. The number of aromatic hydroxyl groups is 2. The van der Waals surface area contributed by atoms with Crippen molar-refractivity contribution in [3.8, 4) is 34.8 Å². The molecule has 2 bridgehead atoms. The molecule has 1 fully saturated rings. The molecule has 4 aliphatic rings. The van der Waals surface area contributed by atoms with Gasteiger partial charge in [0.05, 0.1) is 25.3 Å². The predicted molar refractivity (Wildman–Crippen MR) is 163 cm³/mol. The molecule has 4 heterocycles. The lowest BCUT2D eigenvalue weighted by atomic mass is 9.71. The summed E-state index contributed by atoms with van der Waals surface area (Å²) in [5.74, 6) is 0.973. The molecule has 6 atom stereocenters. The van der Waals surface area contributed by atoms with Crippen LogP contribution in [-0.2, 0) is 22.4 Å². The summed E-state index contributed by atoms with van der Waals surface area (Å²) in [5, 5.41) is 39.7. The van der Waals surface area contributed by atoms with Gasteiger partial charge in [-0.3, -0.25) is 19.4 Å². The van der Waals surface area contributed by atoms with E-state index in [0.717, 1.165) is 16.7 Å². The predicted octanol–water partition coefficient (Wildman–Crippen LogP) is 2.64. The first-order valence-electron chi connectivity index (χ1n) is 15.5. The lowest BCUT2D eigenvalue weighted by Gasteiger charge is -2.60. The number of benzene rings is 2. The number of likely N-dealkylation sites (N-methyl/N-ethyl adjacent to an activating group) is 1. The van der Waals surface area contributed by atoms with Gasteiger partial charge >= 0.3 is 0 Å². The molecule has 1 saturated heterocycles. The minimum Gasteiger partial charge on any atom is -0.507 e. The van der Waals surface area contributed by atoms with E-state index < -0.39 is 18.1 Å². The van der Waals surface area contributed by atoms with Crippen molar-refractivity contribution in [2.45, 2.75) is 89.6 Å². The molecule has 0 radical (unpaired) electrons. The molecule has 12 heteroatoms. The highest BCUT2D eigenvalue weighted by molar-refractivity contribution is 5.87. The number of methoxy groups -OCH3 is 1. The van der Waals surface area contributed by atoms with Crippen LogP contribution in [0.4, 0.5) is 0 Å². The smallest absolute Gasteiger partial charge is 0.242 e. The third kappa shape index (κ3) is 4.71. The number of nitriles is 1. The molecule has 0 spiro atoms. The molecule has 0 aliphatic carbocycles. The van der Waals surface area contributed by atoms with E-state index in [0.29, 0.717) is 59.6 Å². The number of nitrogens with one attached hydrogen (secondary N) is 2. The second kappa shape index (κ2) is 11.6. The number of hydrogen-bond donors (Lipinski definition) is 4. The zero-order chi connectivity index (χ0) is 32.3. The van der Waals surface area contributed by atoms with Gasteiger partial charge in [-0.15, -0.1) is 0 Å². The Bertz CT molecular complexity index is 1600. The van der Waals surface area contributed by atoms with E-state index in [4.69, 9.17) is 14.2 Å². The van der Waals surface area contributed by atoms with E-state index in [2.05, 4.69) is 26.5 Å². The number of piperazine rings is 1. The summed E-state index contributed by atoms with van der Waals surface area (Å²) in [6.07, 6.45) is 1.89. The summed E-state index contributed by atoms with van der Waals surface area (Å²) < 4.78 is 17.4. The summed E-state index contributed by atoms with van der Waals surface area (Å²) in [5.41, 5.74) is 4.44. The molecule has 0 aromatic heterocycles. The average Bonchev–Trinajstić information content (AvgIpc) is 3.49. The minimum absolute atomic E-state index is 0.00880. The van der Waals surface area contributed by atoms with Crippen LogP contribution in [0.1, 0.15) is 72.2 Å². The molecule has 2 aromatic rings. The van der Waals surface area contributed by atoms with Crippen molar-refractivity contribution in [2.75, 3.05) is 27.5 Å². The van der Waals surface area contributed by atoms with E-state index in [1.807, 2.05) is 27.0 Å². The van der Waals surface area contributed by atoms with Crippen LogP contribution in [0.2, 0.25) is 0 Å². The van der Waals surface area contributed by atoms with Crippen LogP contribution >= 0.6 is 0 Å². The molecule has 6 rings (SSSR count). The SMILES string of the molecule is CCCC(=O)N[C@@H](C)C(=O)NC[C@H]1c2c(c(O)c(C)c3c2OCO3)CC2[C@@H]3c4c(cc(C)c(OC)c4O)C[C@@H]([C@H](C#N)N21)N3C. The van der Waals surface area contributed by atoms with Gasteiger partial charge in [-0.1, -0.05) is 13.0 Å². The van der Waals surface area contributed by atoms with Crippen molar-refractivity contribution in [2.24, 2.45) is 0 Å². The van der Waals surface area contributed by atoms with Gasteiger partial charge < -0.3 is 35.1 Å². The molecule has 45 heavy (non-hydrogen) atoms. The maximum absolute atomic E-state index is 13.3. The number of carbonyl (C=O) groups is 2. The molecule has 2 amide bonds. The maximum Gasteiger partial charge on any atom is 0.242 e. The maximum atomic E-state index is 13.3. The number of amides is 2. The average molecular weight is 620 g/mol. The zero-order valence-electron chi connectivity index (χ0n) is 26.6. The number of carbonyl (C=O) groups excluding carboxylic acids is 2.